The van der Waals surface area contributed by atoms with Crippen LogP contribution >= 0.6 is 0 Å². The van der Waals surface area contributed by atoms with E-state index in [4.69, 9.17) is 0 Å². The van der Waals surface area contributed by atoms with Gasteiger partial charge in [0.25, 0.3) is 0 Å². The molecule has 0 atom stereocenters. The molecule has 3 heteroatoms. The van der Waals surface area contributed by atoms with Gasteiger partial charge < -0.3 is 14.7 Å². The maximum atomic E-state index is 2.44. The van der Waals surface area contributed by atoms with Gasteiger partial charge in [-0.2, -0.15) is 0 Å². The van der Waals surface area contributed by atoms with Gasteiger partial charge in [-0.15, -0.1) is 0 Å². The summed E-state index contributed by atoms with van der Waals surface area (Å²) in [5.74, 6) is 0.211. The molecule has 0 aliphatic carbocycles. The third kappa shape index (κ3) is 5.41. The standard InChI is InChI=1S/C28H37N3/c1-7-21-31(8-2)27-19-13-24(14-20-27)28(22-9-15-25(16-10-22)29(3)4)23-11-17-26(18-12-23)30(5)6/h9-20,28H,7-8,21H2,1-6H3. The molecule has 0 aliphatic rings. The first-order valence-corrected chi connectivity index (χ1v) is 11.3. The summed E-state index contributed by atoms with van der Waals surface area (Å²) in [4.78, 5) is 6.73. The van der Waals surface area contributed by atoms with Crippen molar-refractivity contribution in [1.29, 1.82) is 0 Å². The second-order valence-corrected chi connectivity index (χ2v) is 8.58. The highest BCUT2D eigenvalue weighted by molar-refractivity contribution is 5.55. The molecule has 0 amide bonds. The Balaban J connectivity index is 2.01. The van der Waals surface area contributed by atoms with Crippen LogP contribution in [0.25, 0.3) is 0 Å². The van der Waals surface area contributed by atoms with Gasteiger partial charge in [-0.3, -0.25) is 0 Å². The topological polar surface area (TPSA) is 9.72 Å². The Kier molecular flexibility index (Phi) is 7.62. The molecule has 0 saturated carbocycles. The van der Waals surface area contributed by atoms with E-state index in [9.17, 15) is 0 Å². The molecule has 0 heterocycles. The number of hydrogen-bond donors (Lipinski definition) is 0. The molecule has 0 radical (unpaired) electrons. The zero-order valence-electron chi connectivity index (χ0n) is 20.0. The summed E-state index contributed by atoms with van der Waals surface area (Å²) in [6.45, 7) is 6.60. The average molecular weight is 416 g/mol. The smallest absolute Gasteiger partial charge is 0.0366 e. The minimum atomic E-state index is 0.211. The minimum Gasteiger partial charge on any atom is -0.378 e. The highest BCUT2D eigenvalue weighted by Crippen LogP contribution is 2.34. The molecule has 0 fully saturated rings. The van der Waals surface area contributed by atoms with Crippen molar-refractivity contribution in [2.24, 2.45) is 0 Å². The van der Waals surface area contributed by atoms with Crippen LogP contribution in [0.15, 0.2) is 72.8 Å². The third-order valence-electron chi connectivity index (χ3n) is 5.95. The van der Waals surface area contributed by atoms with Crippen molar-refractivity contribution in [2.45, 2.75) is 26.2 Å². The lowest BCUT2D eigenvalue weighted by atomic mass is 9.85. The predicted octanol–water partition coefficient (Wildman–Crippen LogP) is 6.24. The summed E-state index contributed by atoms with van der Waals surface area (Å²) in [7, 11) is 8.34. The van der Waals surface area contributed by atoms with E-state index in [0.717, 1.165) is 19.5 Å². The van der Waals surface area contributed by atoms with Gasteiger partial charge in [-0.25, -0.2) is 0 Å². The Labute approximate surface area is 188 Å². The first-order valence-electron chi connectivity index (χ1n) is 11.3. The number of anilines is 3. The van der Waals surface area contributed by atoms with Crippen molar-refractivity contribution in [3.63, 3.8) is 0 Å². The van der Waals surface area contributed by atoms with Gasteiger partial charge in [0.2, 0.25) is 0 Å². The van der Waals surface area contributed by atoms with Gasteiger partial charge in [0.1, 0.15) is 0 Å². The molecule has 0 aliphatic heterocycles. The fourth-order valence-electron chi connectivity index (χ4n) is 4.12. The SMILES string of the molecule is CCCN(CC)c1ccc(C(c2ccc(N(C)C)cc2)c2ccc(N(C)C)cc2)cc1. The highest BCUT2D eigenvalue weighted by atomic mass is 15.1. The molecular weight excluding hydrogens is 378 g/mol. The maximum Gasteiger partial charge on any atom is 0.0366 e. The highest BCUT2D eigenvalue weighted by Gasteiger charge is 2.18. The summed E-state index contributed by atoms with van der Waals surface area (Å²) in [5.41, 5.74) is 7.70. The van der Waals surface area contributed by atoms with E-state index in [1.54, 1.807) is 0 Å². The van der Waals surface area contributed by atoms with Crippen LogP contribution < -0.4 is 14.7 Å². The van der Waals surface area contributed by atoms with Crippen LogP contribution in [-0.2, 0) is 0 Å². The average Bonchev–Trinajstić information content (AvgIpc) is 2.79. The molecule has 3 aromatic carbocycles. The molecule has 164 valence electrons. The van der Waals surface area contributed by atoms with Crippen LogP contribution in [0.3, 0.4) is 0 Å². The van der Waals surface area contributed by atoms with Gasteiger partial charge in [0.05, 0.1) is 0 Å². The monoisotopic (exact) mass is 415 g/mol. The summed E-state index contributed by atoms with van der Waals surface area (Å²) in [5, 5.41) is 0. The lowest BCUT2D eigenvalue weighted by Crippen LogP contribution is -2.23. The van der Waals surface area contributed by atoms with Gasteiger partial charge in [-0.1, -0.05) is 43.3 Å². The fraction of sp³-hybridized carbons (Fsp3) is 0.357. The Hall–Kier alpha value is -2.94. The van der Waals surface area contributed by atoms with Crippen LogP contribution in [0, 0.1) is 0 Å². The lowest BCUT2D eigenvalue weighted by Gasteiger charge is -2.25. The van der Waals surface area contributed by atoms with E-state index < -0.39 is 0 Å². The van der Waals surface area contributed by atoms with E-state index in [1.165, 1.54) is 33.8 Å². The first kappa shape index (κ1) is 22.7. The lowest BCUT2D eigenvalue weighted by molar-refractivity contribution is 0.791. The van der Waals surface area contributed by atoms with Crippen molar-refractivity contribution in [3.8, 4) is 0 Å². The number of nitrogens with zero attached hydrogens (tertiary/aromatic N) is 3. The van der Waals surface area contributed by atoms with Crippen molar-refractivity contribution >= 4 is 17.1 Å². The zero-order chi connectivity index (χ0) is 22.4. The maximum absolute atomic E-state index is 2.44. The van der Waals surface area contributed by atoms with E-state index >= 15 is 0 Å². The molecule has 0 unspecified atom stereocenters. The summed E-state index contributed by atoms with van der Waals surface area (Å²) < 4.78 is 0. The van der Waals surface area contributed by atoms with Gasteiger partial charge in [0.15, 0.2) is 0 Å². The van der Waals surface area contributed by atoms with Crippen LogP contribution in [-0.4, -0.2) is 41.3 Å². The van der Waals surface area contributed by atoms with Crippen molar-refractivity contribution in [3.05, 3.63) is 89.5 Å². The van der Waals surface area contributed by atoms with E-state index in [1.807, 2.05) is 0 Å². The number of benzene rings is 3. The van der Waals surface area contributed by atoms with Crippen molar-refractivity contribution in [2.75, 3.05) is 56.0 Å². The second kappa shape index (κ2) is 10.4. The molecular formula is C28H37N3. The van der Waals surface area contributed by atoms with Crippen LogP contribution in [0.2, 0.25) is 0 Å². The van der Waals surface area contributed by atoms with Crippen LogP contribution in [0.4, 0.5) is 17.1 Å². The van der Waals surface area contributed by atoms with E-state index in [0.29, 0.717) is 0 Å². The van der Waals surface area contributed by atoms with Crippen molar-refractivity contribution in [1.82, 2.24) is 0 Å². The zero-order valence-corrected chi connectivity index (χ0v) is 20.0. The normalized spacial score (nSPS) is 10.9. The fourth-order valence-corrected chi connectivity index (χ4v) is 4.12. The molecule has 0 bridgehead atoms. The van der Waals surface area contributed by atoms with Gasteiger partial charge >= 0.3 is 0 Å². The van der Waals surface area contributed by atoms with Gasteiger partial charge in [0, 0.05) is 64.3 Å². The molecule has 3 nitrogen and oxygen atoms in total. The Morgan fingerprint density at radius 1 is 0.548 bits per heavy atom. The summed E-state index contributed by atoms with van der Waals surface area (Å²) in [6.07, 6.45) is 1.16. The van der Waals surface area contributed by atoms with E-state index in [2.05, 4.69) is 130 Å². The molecule has 0 spiro atoms. The predicted molar refractivity (Wildman–Crippen MR) is 137 cm³/mol. The molecule has 0 aromatic heterocycles. The van der Waals surface area contributed by atoms with Crippen molar-refractivity contribution < 1.29 is 0 Å². The Morgan fingerprint density at radius 3 is 1.19 bits per heavy atom. The first-order chi connectivity index (χ1) is 14.9. The van der Waals surface area contributed by atoms with Crippen LogP contribution in [0.5, 0.6) is 0 Å². The molecule has 0 saturated heterocycles. The number of hydrogen-bond acceptors (Lipinski definition) is 3. The number of rotatable bonds is 9. The molecule has 31 heavy (non-hydrogen) atoms. The summed E-state index contributed by atoms with van der Waals surface area (Å²) in [6, 6.07) is 27.1. The Morgan fingerprint density at radius 2 is 0.903 bits per heavy atom. The second-order valence-electron chi connectivity index (χ2n) is 8.58. The third-order valence-corrected chi connectivity index (χ3v) is 5.95. The van der Waals surface area contributed by atoms with Crippen LogP contribution in [0.1, 0.15) is 42.9 Å². The molecule has 0 N–H and O–H groups in total. The summed E-state index contributed by atoms with van der Waals surface area (Å²) >= 11 is 0. The molecule has 3 rings (SSSR count). The largest absolute Gasteiger partial charge is 0.378 e. The quantitative estimate of drug-likeness (QED) is 0.383. The Bertz CT molecular complexity index is 874. The van der Waals surface area contributed by atoms with Gasteiger partial charge in [-0.05, 0) is 66.4 Å². The van der Waals surface area contributed by atoms with E-state index in [-0.39, 0.29) is 5.92 Å². The minimum absolute atomic E-state index is 0.211. The molecule has 3 aromatic rings.